The lowest BCUT2D eigenvalue weighted by molar-refractivity contribution is 0.180. The normalized spacial score (nSPS) is 19.2. The Morgan fingerprint density at radius 2 is 2.14 bits per heavy atom. The number of likely N-dealkylation sites (tertiary alicyclic amines) is 1. The Kier molecular flexibility index (Phi) is 6.54. The predicted molar refractivity (Wildman–Crippen MR) is 86.2 cm³/mol. The van der Waals surface area contributed by atoms with E-state index in [4.69, 9.17) is 0 Å². The van der Waals surface area contributed by atoms with E-state index in [2.05, 4.69) is 46.7 Å². The molecule has 21 heavy (non-hydrogen) atoms. The van der Waals surface area contributed by atoms with Gasteiger partial charge in [-0.05, 0) is 31.4 Å². The molecule has 1 atom stereocenters. The zero-order valence-electron chi connectivity index (χ0n) is 13.0. The van der Waals surface area contributed by atoms with Crippen molar-refractivity contribution in [3.63, 3.8) is 0 Å². The minimum atomic E-state index is -0.0185. The summed E-state index contributed by atoms with van der Waals surface area (Å²) in [4.78, 5) is 14.2. The molecule has 1 fully saturated rings. The number of nitrogens with zero attached hydrogens (tertiary/aromatic N) is 1. The maximum absolute atomic E-state index is 11.8. The molecule has 2 rings (SSSR count). The van der Waals surface area contributed by atoms with Crippen LogP contribution in [0, 0.1) is 0 Å². The maximum Gasteiger partial charge on any atom is 0.315 e. The van der Waals surface area contributed by atoms with E-state index in [0.717, 1.165) is 51.9 Å². The second kappa shape index (κ2) is 8.67. The second-order valence-electron chi connectivity index (χ2n) is 5.81. The fourth-order valence-electron chi connectivity index (χ4n) is 2.77. The Hall–Kier alpha value is -1.55. The summed E-state index contributed by atoms with van der Waals surface area (Å²) in [5.41, 5.74) is 1.34. The van der Waals surface area contributed by atoms with E-state index in [1.165, 1.54) is 5.56 Å². The van der Waals surface area contributed by atoms with Gasteiger partial charge in [0, 0.05) is 25.7 Å². The number of benzene rings is 1. The molecule has 0 saturated carbocycles. The van der Waals surface area contributed by atoms with Gasteiger partial charge < -0.3 is 10.6 Å². The summed E-state index contributed by atoms with van der Waals surface area (Å²) >= 11 is 0. The monoisotopic (exact) mass is 289 g/mol. The minimum Gasteiger partial charge on any atom is -0.338 e. The number of unbranched alkanes of at least 4 members (excludes halogenated alkanes) is 1. The lowest BCUT2D eigenvalue weighted by Crippen LogP contribution is -2.50. The van der Waals surface area contributed by atoms with Crippen LogP contribution in [0.25, 0.3) is 0 Å². The quantitative estimate of drug-likeness (QED) is 0.791. The van der Waals surface area contributed by atoms with Crippen molar-refractivity contribution in [1.29, 1.82) is 0 Å². The molecule has 1 heterocycles. The summed E-state index contributed by atoms with van der Waals surface area (Å²) in [7, 11) is 0. The first-order valence-corrected chi connectivity index (χ1v) is 8.08. The summed E-state index contributed by atoms with van der Waals surface area (Å²) in [6.07, 6.45) is 4.37. The van der Waals surface area contributed by atoms with Crippen molar-refractivity contribution in [3.8, 4) is 0 Å². The Morgan fingerprint density at radius 3 is 2.90 bits per heavy atom. The van der Waals surface area contributed by atoms with Gasteiger partial charge in [-0.3, -0.25) is 4.90 Å². The largest absolute Gasteiger partial charge is 0.338 e. The van der Waals surface area contributed by atoms with Crippen LogP contribution in [0.5, 0.6) is 0 Å². The van der Waals surface area contributed by atoms with Crippen molar-refractivity contribution in [2.75, 3.05) is 19.6 Å². The zero-order valence-corrected chi connectivity index (χ0v) is 13.0. The molecule has 116 valence electrons. The highest BCUT2D eigenvalue weighted by Gasteiger charge is 2.21. The number of hydrogen-bond acceptors (Lipinski definition) is 2. The molecule has 4 nitrogen and oxygen atoms in total. The number of carbonyl (C=O) groups excluding carboxylic acids is 1. The van der Waals surface area contributed by atoms with Gasteiger partial charge in [0.25, 0.3) is 0 Å². The van der Waals surface area contributed by atoms with Crippen LogP contribution < -0.4 is 10.6 Å². The lowest BCUT2D eigenvalue weighted by atomic mass is 10.0. The molecule has 1 aliphatic heterocycles. The molecule has 1 aromatic rings. The average Bonchev–Trinajstić information content (AvgIpc) is 2.49. The first-order chi connectivity index (χ1) is 10.3. The van der Waals surface area contributed by atoms with Gasteiger partial charge in [-0.15, -0.1) is 0 Å². The van der Waals surface area contributed by atoms with E-state index < -0.39 is 0 Å². The van der Waals surface area contributed by atoms with Crippen molar-refractivity contribution in [2.24, 2.45) is 0 Å². The molecule has 1 aromatic carbocycles. The lowest BCUT2D eigenvalue weighted by Gasteiger charge is -2.33. The first-order valence-electron chi connectivity index (χ1n) is 8.08. The van der Waals surface area contributed by atoms with E-state index >= 15 is 0 Å². The third-order valence-electron chi connectivity index (χ3n) is 3.91. The number of carbonyl (C=O) groups is 1. The maximum atomic E-state index is 11.8. The molecule has 2 amide bonds. The highest BCUT2D eigenvalue weighted by molar-refractivity contribution is 5.74. The van der Waals surface area contributed by atoms with Gasteiger partial charge in [0.1, 0.15) is 0 Å². The Bertz CT molecular complexity index is 421. The number of hydrogen-bond donors (Lipinski definition) is 2. The van der Waals surface area contributed by atoms with Gasteiger partial charge in [0.2, 0.25) is 0 Å². The smallest absolute Gasteiger partial charge is 0.315 e. The molecule has 1 unspecified atom stereocenters. The summed E-state index contributed by atoms with van der Waals surface area (Å²) in [6, 6.07) is 10.8. The molecule has 0 aliphatic carbocycles. The van der Waals surface area contributed by atoms with Crippen molar-refractivity contribution in [2.45, 2.75) is 45.2 Å². The van der Waals surface area contributed by atoms with Crippen molar-refractivity contribution < 1.29 is 4.79 Å². The van der Waals surface area contributed by atoms with Crippen LogP contribution in [0.1, 0.15) is 38.2 Å². The predicted octanol–water partition coefficient (Wildman–Crippen LogP) is 2.75. The highest BCUT2D eigenvalue weighted by Crippen LogP contribution is 2.13. The van der Waals surface area contributed by atoms with Crippen LogP contribution in [0.2, 0.25) is 0 Å². The third kappa shape index (κ3) is 5.76. The van der Waals surface area contributed by atoms with Crippen LogP contribution in [0.4, 0.5) is 4.79 Å². The summed E-state index contributed by atoms with van der Waals surface area (Å²) in [5, 5.41) is 6.03. The number of nitrogens with one attached hydrogen (secondary N) is 2. The van der Waals surface area contributed by atoms with Gasteiger partial charge in [0.15, 0.2) is 0 Å². The molecule has 2 N–H and O–H groups in total. The Labute approximate surface area is 127 Å². The van der Waals surface area contributed by atoms with Crippen molar-refractivity contribution in [1.82, 2.24) is 15.5 Å². The van der Waals surface area contributed by atoms with Gasteiger partial charge in [-0.1, -0.05) is 43.7 Å². The van der Waals surface area contributed by atoms with Crippen LogP contribution >= 0.6 is 0 Å². The zero-order chi connectivity index (χ0) is 14.9. The van der Waals surface area contributed by atoms with Crippen LogP contribution in [0.15, 0.2) is 30.3 Å². The van der Waals surface area contributed by atoms with E-state index in [0.29, 0.717) is 0 Å². The van der Waals surface area contributed by atoms with Crippen molar-refractivity contribution >= 4 is 6.03 Å². The number of urea groups is 1. The Balaban J connectivity index is 1.74. The van der Waals surface area contributed by atoms with E-state index in [9.17, 15) is 4.79 Å². The number of piperidine rings is 1. The van der Waals surface area contributed by atoms with Crippen molar-refractivity contribution in [3.05, 3.63) is 35.9 Å². The molecule has 4 heteroatoms. The fourth-order valence-corrected chi connectivity index (χ4v) is 2.77. The molecule has 1 saturated heterocycles. The molecule has 0 spiro atoms. The molecular weight excluding hydrogens is 262 g/mol. The van der Waals surface area contributed by atoms with Gasteiger partial charge in [0.05, 0.1) is 0 Å². The number of amides is 2. The van der Waals surface area contributed by atoms with Crippen LogP contribution in [-0.2, 0) is 6.54 Å². The second-order valence-corrected chi connectivity index (χ2v) is 5.81. The Morgan fingerprint density at radius 1 is 1.33 bits per heavy atom. The molecule has 1 aliphatic rings. The summed E-state index contributed by atoms with van der Waals surface area (Å²) in [6.45, 7) is 5.92. The van der Waals surface area contributed by atoms with E-state index in [1.807, 2.05) is 6.07 Å². The summed E-state index contributed by atoms with van der Waals surface area (Å²) in [5.74, 6) is 0. The van der Waals surface area contributed by atoms with E-state index in [1.54, 1.807) is 0 Å². The summed E-state index contributed by atoms with van der Waals surface area (Å²) < 4.78 is 0. The fraction of sp³-hybridized carbons (Fsp3) is 0.588. The van der Waals surface area contributed by atoms with Gasteiger partial charge in [-0.2, -0.15) is 0 Å². The topological polar surface area (TPSA) is 44.4 Å². The SMILES string of the molecule is CCCCNC(=O)NC1CCCN(Cc2ccccc2)C1. The molecule has 0 radical (unpaired) electrons. The van der Waals surface area contributed by atoms with Crippen LogP contribution in [-0.4, -0.2) is 36.6 Å². The standard InChI is InChI=1S/C17H27N3O/c1-2-3-11-18-17(21)19-16-10-7-12-20(14-16)13-15-8-5-4-6-9-15/h4-6,8-9,16H,2-3,7,10-14H2,1H3,(H2,18,19,21). The molecule has 0 bridgehead atoms. The third-order valence-corrected chi connectivity index (χ3v) is 3.91. The van der Waals surface area contributed by atoms with Gasteiger partial charge >= 0.3 is 6.03 Å². The molecular formula is C17H27N3O. The highest BCUT2D eigenvalue weighted by atomic mass is 16.2. The average molecular weight is 289 g/mol. The molecule has 0 aromatic heterocycles. The first kappa shape index (κ1) is 15.8. The van der Waals surface area contributed by atoms with Crippen LogP contribution in [0.3, 0.4) is 0 Å². The van der Waals surface area contributed by atoms with E-state index in [-0.39, 0.29) is 12.1 Å². The number of rotatable bonds is 6. The van der Waals surface area contributed by atoms with Gasteiger partial charge in [-0.25, -0.2) is 4.79 Å². The minimum absolute atomic E-state index is 0.0185.